The van der Waals surface area contributed by atoms with Crippen molar-refractivity contribution in [3.8, 4) is 0 Å². The van der Waals surface area contributed by atoms with Gasteiger partial charge in [-0.3, -0.25) is 4.79 Å². The van der Waals surface area contributed by atoms with Crippen LogP contribution in [0.3, 0.4) is 0 Å². The number of nitrogens with zero attached hydrogens (tertiary/aromatic N) is 1. The predicted molar refractivity (Wildman–Crippen MR) is 61.5 cm³/mol. The molecule has 0 amide bonds. The number of para-hydroxylation sites is 2. The molecule has 15 heavy (non-hydrogen) atoms. The largest absolute Gasteiger partial charge is 0.481 e. The minimum absolute atomic E-state index is 0.127. The third kappa shape index (κ3) is 3.50. The number of anilines is 2. The van der Waals surface area contributed by atoms with E-state index in [0.717, 1.165) is 11.4 Å². The van der Waals surface area contributed by atoms with Crippen LogP contribution in [-0.2, 0) is 4.79 Å². The summed E-state index contributed by atoms with van der Waals surface area (Å²) < 4.78 is 0. The van der Waals surface area contributed by atoms with E-state index in [9.17, 15) is 4.79 Å². The van der Waals surface area contributed by atoms with Gasteiger partial charge in [0, 0.05) is 20.6 Å². The predicted octanol–water partition coefficient (Wildman–Crippen LogP) is 1.64. The Kier molecular flexibility index (Phi) is 3.97. The summed E-state index contributed by atoms with van der Waals surface area (Å²) in [6.45, 7) is 0.445. The van der Waals surface area contributed by atoms with E-state index in [1.54, 1.807) is 0 Å². The molecule has 0 fully saturated rings. The van der Waals surface area contributed by atoms with E-state index in [-0.39, 0.29) is 6.42 Å². The summed E-state index contributed by atoms with van der Waals surface area (Å²) >= 11 is 0. The molecule has 1 aromatic rings. The molecule has 82 valence electrons. The first-order chi connectivity index (χ1) is 7.11. The van der Waals surface area contributed by atoms with Gasteiger partial charge in [-0.2, -0.15) is 0 Å². The Morgan fingerprint density at radius 2 is 2.07 bits per heavy atom. The lowest BCUT2D eigenvalue weighted by Crippen LogP contribution is -2.13. The first kappa shape index (κ1) is 11.4. The van der Waals surface area contributed by atoms with Crippen LogP contribution in [0.5, 0.6) is 0 Å². The van der Waals surface area contributed by atoms with E-state index in [1.807, 2.05) is 43.3 Å². The highest BCUT2D eigenvalue weighted by molar-refractivity contribution is 5.71. The molecule has 0 spiro atoms. The maximum Gasteiger partial charge on any atom is 0.305 e. The van der Waals surface area contributed by atoms with Gasteiger partial charge in [-0.05, 0) is 12.1 Å². The monoisotopic (exact) mass is 208 g/mol. The molecule has 0 aromatic heterocycles. The van der Waals surface area contributed by atoms with Gasteiger partial charge in [0.25, 0.3) is 0 Å². The number of benzene rings is 1. The summed E-state index contributed by atoms with van der Waals surface area (Å²) in [5, 5.41) is 11.6. The van der Waals surface area contributed by atoms with Gasteiger partial charge in [0.05, 0.1) is 17.8 Å². The molecular weight excluding hydrogens is 192 g/mol. The third-order valence-corrected chi connectivity index (χ3v) is 2.04. The molecular formula is C11H16N2O2. The minimum Gasteiger partial charge on any atom is -0.481 e. The van der Waals surface area contributed by atoms with Crippen molar-refractivity contribution in [2.24, 2.45) is 0 Å². The van der Waals surface area contributed by atoms with Gasteiger partial charge in [0.2, 0.25) is 0 Å². The Hall–Kier alpha value is -1.71. The van der Waals surface area contributed by atoms with Gasteiger partial charge in [0.1, 0.15) is 0 Å². The Morgan fingerprint density at radius 3 is 2.67 bits per heavy atom. The van der Waals surface area contributed by atoms with Crippen molar-refractivity contribution in [2.75, 3.05) is 30.9 Å². The van der Waals surface area contributed by atoms with Gasteiger partial charge in [-0.1, -0.05) is 12.1 Å². The van der Waals surface area contributed by atoms with Crippen LogP contribution in [0.1, 0.15) is 6.42 Å². The summed E-state index contributed by atoms with van der Waals surface area (Å²) in [6, 6.07) is 7.81. The summed E-state index contributed by atoms with van der Waals surface area (Å²) in [5.74, 6) is -0.787. The van der Waals surface area contributed by atoms with E-state index in [1.165, 1.54) is 0 Å². The number of carbonyl (C=O) groups is 1. The molecule has 0 aliphatic rings. The van der Waals surface area contributed by atoms with Gasteiger partial charge < -0.3 is 15.3 Å². The first-order valence-electron chi connectivity index (χ1n) is 4.83. The van der Waals surface area contributed by atoms with Crippen LogP contribution in [0, 0.1) is 0 Å². The molecule has 0 bridgehead atoms. The van der Waals surface area contributed by atoms with E-state index in [4.69, 9.17) is 5.11 Å². The van der Waals surface area contributed by atoms with Crippen molar-refractivity contribution in [1.82, 2.24) is 0 Å². The Balaban J connectivity index is 2.63. The van der Waals surface area contributed by atoms with E-state index < -0.39 is 5.97 Å². The molecule has 4 nitrogen and oxygen atoms in total. The maximum atomic E-state index is 10.4. The van der Waals surface area contributed by atoms with Gasteiger partial charge in [-0.15, -0.1) is 0 Å². The molecule has 0 saturated heterocycles. The SMILES string of the molecule is CN(C)c1ccccc1NCCC(=O)O. The smallest absolute Gasteiger partial charge is 0.305 e. The van der Waals surface area contributed by atoms with Crippen LogP contribution < -0.4 is 10.2 Å². The second-order valence-corrected chi connectivity index (χ2v) is 3.48. The van der Waals surface area contributed by atoms with Crippen molar-refractivity contribution in [1.29, 1.82) is 0 Å². The van der Waals surface area contributed by atoms with Gasteiger partial charge in [-0.25, -0.2) is 0 Å². The Bertz CT molecular complexity index is 337. The molecule has 4 heteroatoms. The van der Waals surface area contributed by atoms with E-state index in [0.29, 0.717) is 6.54 Å². The first-order valence-corrected chi connectivity index (χ1v) is 4.83. The molecule has 0 unspecified atom stereocenters. The molecule has 0 aliphatic heterocycles. The fourth-order valence-electron chi connectivity index (χ4n) is 1.32. The second-order valence-electron chi connectivity index (χ2n) is 3.48. The summed E-state index contributed by atoms with van der Waals surface area (Å²) in [6.07, 6.45) is 0.127. The Labute approximate surface area is 89.5 Å². The number of hydrogen-bond donors (Lipinski definition) is 2. The highest BCUT2D eigenvalue weighted by Crippen LogP contribution is 2.22. The van der Waals surface area contributed by atoms with Crippen molar-refractivity contribution < 1.29 is 9.90 Å². The molecule has 1 aromatic carbocycles. The third-order valence-electron chi connectivity index (χ3n) is 2.04. The average molecular weight is 208 g/mol. The zero-order valence-corrected chi connectivity index (χ0v) is 9.03. The highest BCUT2D eigenvalue weighted by atomic mass is 16.4. The van der Waals surface area contributed by atoms with Crippen molar-refractivity contribution in [3.63, 3.8) is 0 Å². The number of nitrogens with one attached hydrogen (secondary N) is 1. The average Bonchev–Trinajstić information content (AvgIpc) is 2.17. The van der Waals surface area contributed by atoms with Crippen molar-refractivity contribution in [3.05, 3.63) is 24.3 Å². The van der Waals surface area contributed by atoms with Crippen molar-refractivity contribution in [2.45, 2.75) is 6.42 Å². The molecule has 0 aliphatic carbocycles. The number of rotatable bonds is 5. The van der Waals surface area contributed by atoms with Crippen LogP contribution >= 0.6 is 0 Å². The number of aliphatic carboxylic acids is 1. The molecule has 0 saturated carbocycles. The quantitative estimate of drug-likeness (QED) is 0.772. The normalized spacial score (nSPS) is 9.73. The standard InChI is InChI=1S/C11H16N2O2/c1-13(2)10-6-4-3-5-9(10)12-8-7-11(14)15/h3-6,12H,7-8H2,1-2H3,(H,14,15). The fourth-order valence-corrected chi connectivity index (χ4v) is 1.32. The molecule has 1 rings (SSSR count). The fraction of sp³-hybridized carbons (Fsp3) is 0.364. The Morgan fingerprint density at radius 1 is 1.40 bits per heavy atom. The minimum atomic E-state index is -0.787. The molecule has 0 atom stereocenters. The van der Waals surface area contributed by atoms with Gasteiger partial charge in [0.15, 0.2) is 0 Å². The van der Waals surface area contributed by atoms with Crippen LogP contribution in [0.2, 0.25) is 0 Å². The van der Waals surface area contributed by atoms with Crippen LogP contribution in [0.4, 0.5) is 11.4 Å². The number of carboxylic acids is 1. The summed E-state index contributed by atoms with van der Waals surface area (Å²) in [5.41, 5.74) is 2.02. The second kappa shape index (κ2) is 5.24. The van der Waals surface area contributed by atoms with Crippen LogP contribution in [0.15, 0.2) is 24.3 Å². The zero-order chi connectivity index (χ0) is 11.3. The van der Waals surface area contributed by atoms with Crippen molar-refractivity contribution >= 4 is 17.3 Å². The van der Waals surface area contributed by atoms with Crippen LogP contribution in [-0.4, -0.2) is 31.7 Å². The number of hydrogen-bond acceptors (Lipinski definition) is 3. The van der Waals surface area contributed by atoms with Gasteiger partial charge >= 0.3 is 5.97 Å². The lowest BCUT2D eigenvalue weighted by molar-refractivity contribution is -0.136. The van der Waals surface area contributed by atoms with Crippen LogP contribution in [0.25, 0.3) is 0 Å². The topological polar surface area (TPSA) is 52.6 Å². The summed E-state index contributed by atoms with van der Waals surface area (Å²) in [7, 11) is 3.91. The lowest BCUT2D eigenvalue weighted by Gasteiger charge is -2.17. The maximum absolute atomic E-state index is 10.4. The number of carboxylic acid groups (broad SMARTS) is 1. The molecule has 0 heterocycles. The highest BCUT2D eigenvalue weighted by Gasteiger charge is 2.03. The molecule has 2 N–H and O–H groups in total. The zero-order valence-electron chi connectivity index (χ0n) is 9.03. The summed E-state index contributed by atoms with van der Waals surface area (Å²) in [4.78, 5) is 12.3. The molecule has 0 radical (unpaired) electrons. The van der Waals surface area contributed by atoms with E-state index >= 15 is 0 Å². The van der Waals surface area contributed by atoms with E-state index in [2.05, 4.69) is 5.32 Å². The lowest BCUT2D eigenvalue weighted by atomic mass is 10.2.